The Morgan fingerprint density at radius 2 is 1.00 bits per heavy atom. The van der Waals surface area contributed by atoms with E-state index in [0.29, 0.717) is 11.4 Å². The summed E-state index contributed by atoms with van der Waals surface area (Å²) in [5.41, 5.74) is 3.13. The van der Waals surface area contributed by atoms with Gasteiger partial charge in [-0.05, 0) is 106 Å². The number of rotatable bonds is 6. The third-order valence-corrected chi connectivity index (χ3v) is 5.65. The van der Waals surface area contributed by atoms with Crippen molar-refractivity contribution in [2.24, 2.45) is 0 Å². The zero-order valence-electron chi connectivity index (χ0n) is 16.2. The first-order valence-electron chi connectivity index (χ1n) is 8.81. The summed E-state index contributed by atoms with van der Waals surface area (Å²) in [6, 6.07) is 18.8. The molecule has 0 bridgehead atoms. The fraction of sp³-hybridized carbons (Fsp3) is 0.0909. The molecular formula is C22H18I2N2O4. The second-order valence-corrected chi connectivity index (χ2v) is 8.68. The number of esters is 2. The quantitative estimate of drug-likeness (QED) is 0.260. The molecule has 30 heavy (non-hydrogen) atoms. The SMILES string of the molecule is COC(=O)c1cc(Nc2ccc(I)cc2)c(Nc2ccc(I)cc2)cc1C(=O)OC. The van der Waals surface area contributed by atoms with Crippen molar-refractivity contribution >= 4 is 79.9 Å². The first kappa shape index (κ1) is 22.3. The summed E-state index contributed by atoms with van der Waals surface area (Å²) in [6.45, 7) is 0. The summed E-state index contributed by atoms with van der Waals surface area (Å²) in [6.07, 6.45) is 0. The van der Waals surface area contributed by atoms with Crippen LogP contribution in [0.1, 0.15) is 20.7 Å². The molecule has 6 nitrogen and oxygen atoms in total. The molecule has 2 N–H and O–H groups in total. The molecule has 0 saturated carbocycles. The van der Waals surface area contributed by atoms with Crippen LogP contribution in [-0.4, -0.2) is 26.2 Å². The van der Waals surface area contributed by atoms with Crippen LogP contribution in [0.2, 0.25) is 0 Å². The molecule has 3 rings (SSSR count). The van der Waals surface area contributed by atoms with Crippen molar-refractivity contribution in [3.8, 4) is 0 Å². The summed E-state index contributed by atoms with van der Waals surface area (Å²) in [4.78, 5) is 24.7. The summed E-state index contributed by atoms with van der Waals surface area (Å²) in [7, 11) is 2.54. The van der Waals surface area contributed by atoms with Gasteiger partial charge in [0, 0.05) is 18.5 Å². The van der Waals surface area contributed by atoms with Crippen LogP contribution < -0.4 is 10.6 Å². The average molecular weight is 628 g/mol. The van der Waals surface area contributed by atoms with Crippen LogP contribution in [0.25, 0.3) is 0 Å². The fourth-order valence-corrected chi connectivity index (χ4v) is 3.46. The van der Waals surface area contributed by atoms with E-state index in [-0.39, 0.29) is 11.1 Å². The normalized spacial score (nSPS) is 10.3. The van der Waals surface area contributed by atoms with E-state index in [4.69, 9.17) is 9.47 Å². The lowest BCUT2D eigenvalue weighted by Crippen LogP contribution is -2.13. The van der Waals surface area contributed by atoms with E-state index in [1.54, 1.807) is 12.1 Å². The number of carbonyl (C=O) groups is 2. The number of nitrogens with one attached hydrogen (secondary N) is 2. The molecule has 0 aliphatic rings. The molecule has 0 unspecified atom stereocenters. The number of methoxy groups -OCH3 is 2. The molecule has 0 fully saturated rings. The molecule has 0 aliphatic heterocycles. The standard InChI is InChI=1S/C22H18I2N2O4/c1-29-21(27)17-11-19(25-15-7-3-13(23)4-8-15)20(12-18(17)22(28)30-2)26-16-9-5-14(24)6-10-16/h3-12,25-26H,1-2H3. The molecule has 8 heteroatoms. The van der Waals surface area contributed by atoms with E-state index in [1.807, 2.05) is 48.5 Å². The van der Waals surface area contributed by atoms with Gasteiger partial charge < -0.3 is 20.1 Å². The van der Waals surface area contributed by atoms with E-state index >= 15 is 0 Å². The lowest BCUT2D eigenvalue weighted by Gasteiger charge is -2.18. The predicted octanol–water partition coefficient (Wildman–Crippen LogP) is 5.96. The van der Waals surface area contributed by atoms with Gasteiger partial charge in [-0.1, -0.05) is 0 Å². The van der Waals surface area contributed by atoms with Gasteiger partial charge >= 0.3 is 11.9 Å². The van der Waals surface area contributed by atoms with Crippen molar-refractivity contribution < 1.29 is 19.1 Å². The molecule has 0 saturated heterocycles. The zero-order chi connectivity index (χ0) is 21.7. The van der Waals surface area contributed by atoms with Crippen molar-refractivity contribution in [2.75, 3.05) is 24.9 Å². The zero-order valence-corrected chi connectivity index (χ0v) is 20.5. The van der Waals surface area contributed by atoms with Gasteiger partial charge in [0.1, 0.15) is 0 Å². The van der Waals surface area contributed by atoms with Gasteiger partial charge in [0.25, 0.3) is 0 Å². The maximum atomic E-state index is 12.3. The summed E-state index contributed by atoms with van der Waals surface area (Å²) in [5.74, 6) is -1.25. The Kier molecular flexibility index (Phi) is 7.53. The third-order valence-electron chi connectivity index (χ3n) is 4.21. The van der Waals surface area contributed by atoms with Crippen LogP contribution in [0.15, 0.2) is 60.7 Å². The first-order valence-corrected chi connectivity index (χ1v) is 11.0. The number of carbonyl (C=O) groups excluding carboxylic acids is 2. The van der Waals surface area contributed by atoms with Gasteiger partial charge in [-0.3, -0.25) is 0 Å². The Bertz CT molecular complexity index is 981. The average Bonchev–Trinajstić information content (AvgIpc) is 2.76. The van der Waals surface area contributed by atoms with Gasteiger partial charge in [0.05, 0.1) is 36.7 Å². The van der Waals surface area contributed by atoms with Gasteiger partial charge in [-0.25, -0.2) is 9.59 Å². The molecule has 0 aliphatic carbocycles. The number of hydrogen-bond acceptors (Lipinski definition) is 6. The van der Waals surface area contributed by atoms with Crippen LogP contribution >= 0.6 is 45.2 Å². The Labute approximate surface area is 201 Å². The van der Waals surface area contributed by atoms with Gasteiger partial charge in [0.2, 0.25) is 0 Å². The second kappa shape index (κ2) is 10.1. The van der Waals surface area contributed by atoms with Crippen molar-refractivity contribution in [2.45, 2.75) is 0 Å². The van der Waals surface area contributed by atoms with E-state index in [2.05, 4.69) is 55.8 Å². The van der Waals surface area contributed by atoms with Gasteiger partial charge in [-0.2, -0.15) is 0 Å². The predicted molar refractivity (Wildman–Crippen MR) is 134 cm³/mol. The highest BCUT2D eigenvalue weighted by molar-refractivity contribution is 14.1. The number of hydrogen-bond donors (Lipinski definition) is 2. The molecule has 0 atom stereocenters. The van der Waals surface area contributed by atoms with Crippen molar-refractivity contribution in [1.82, 2.24) is 0 Å². The minimum atomic E-state index is -0.623. The van der Waals surface area contributed by atoms with E-state index in [1.165, 1.54) is 14.2 Å². The molecule has 0 spiro atoms. The minimum absolute atomic E-state index is 0.116. The van der Waals surface area contributed by atoms with Crippen LogP contribution in [0.3, 0.4) is 0 Å². The first-order chi connectivity index (χ1) is 14.4. The van der Waals surface area contributed by atoms with Crippen LogP contribution in [-0.2, 0) is 9.47 Å². The second-order valence-electron chi connectivity index (χ2n) is 6.19. The molecule has 154 valence electrons. The molecular weight excluding hydrogens is 610 g/mol. The molecule has 3 aromatic rings. The van der Waals surface area contributed by atoms with Crippen molar-refractivity contribution in [1.29, 1.82) is 0 Å². The maximum absolute atomic E-state index is 12.3. The summed E-state index contributed by atoms with van der Waals surface area (Å²) in [5, 5.41) is 6.62. The lowest BCUT2D eigenvalue weighted by molar-refractivity contribution is 0.0555. The smallest absolute Gasteiger partial charge is 0.338 e. The molecule has 0 heterocycles. The van der Waals surface area contributed by atoms with Crippen molar-refractivity contribution in [3.05, 3.63) is 78.9 Å². The highest BCUT2D eigenvalue weighted by atomic mass is 127. The summed E-state index contributed by atoms with van der Waals surface area (Å²) >= 11 is 4.47. The van der Waals surface area contributed by atoms with E-state index in [9.17, 15) is 9.59 Å². The highest BCUT2D eigenvalue weighted by Gasteiger charge is 2.22. The van der Waals surface area contributed by atoms with Crippen LogP contribution in [0.5, 0.6) is 0 Å². The molecule has 0 radical (unpaired) electrons. The monoisotopic (exact) mass is 628 g/mol. The Morgan fingerprint density at radius 1 is 0.667 bits per heavy atom. The Hall–Kier alpha value is -2.34. The number of ether oxygens (including phenoxy) is 2. The van der Waals surface area contributed by atoms with Crippen molar-refractivity contribution in [3.63, 3.8) is 0 Å². The number of halogens is 2. The van der Waals surface area contributed by atoms with Gasteiger partial charge in [-0.15, -0.1) is 0 Å². The maximum Gasteiger partial charge on any atom is 0.338 e. The van der Waals surface area contributed by atoms with E-state index < -0.39 is 11.9 Å². The number of benzene rings is 3. The van der Waals surface area contributed by atoms with E-state index in [0.717, 1.165) is 18.5 Å². The fourth-order valence-electron chi connectivity index (χ4n) is 2.74. The topological polar surface area (TPSA) is 76.7 Å². The largest absolute Gasteiger partial charge is 0.465 e. The molecule has 3 aromatic carbocycles. The van der Waals surface area contributed by atoms with Gasteiger partial charge in [0.15, 0.2) is 0 Å². The molecule has 0 aromatic heterocycles. The number of anilines is 4. The third kappa shape index (κ3) is 5.42. The van der Waals surface area contributed by atoms with Crippen LogP contribution in [0.4, 0.5) is 22.7 Å². The minimum Gasteiger partial charge on any atom is -0.465 e. The van der Waals surface area contributed by atoms with Crippen LogP contribution in [0, 0.1) is 7.14 Å². The summed E-state index contributed by atoms with van der Waals surface area (Å²) < 4.78 is 11.9. The molecule has 0 amide bonds. The lowest BCUT2D eigenvalue weighted by atomic mass is 10.0. The highest BCUT2D eigenvalue weighted by Crippen LogP contribution is 2.33. The Balaban J connectivity index is 2.11. The Morgan fingerprint density at radius 3 is 1.30 bits per heavy atom.